The van der Waals surface area contributed by atoms with E-state index < -0.39 is 11.7 Å². The van der Waals surface area contributed by atoms with E-state index in [0.717, 1.165) is 18.0 Å². The van der Waals surface area contributed by atoms with E-state index in [-0.39, 0.29) is 0 Å². The molecule has 0 heterocycles. The minimum atomic E-state index is -0.535. The molecule has 1 aromatic rings. The molecule has 1 aliphatic rings. The van der Waals surface area contributed by atoms with E-state index >= 15 is 0 Å². The molecular weight excluding hydrogens is 292 g/mol. The first kappa shape index (κ1) is 17.4. The summed E-state index contributed by atoms with van der Waals surface area (Å²) in [6, 6.07) is 6.21. The van der Waals surface area contributed by atoms with Gasteiger partial charge in [-0.25, -0.2) is 4.79 Å². The average Bonchev–Trinajstić information content (AvgIpc) is 3.27. The standard InChI is InChI=1S/C18H28N2O3/c1-6-14(12-7-8-12)19-13-9-10-16(22-5)15(11-13)20-17(21)23-18(2,3)4/h9-12,14,19H,6-8H2,1-5H3,(H,20,21). The summed E-state index contributed by atoms with van der Waals surface area (Å²) in [7, 11) is 1.59. The summed E-state index contributed by atoms with van der Waals surface area (Å²) in [6.45, 7) is 7.70. The van der Waals surface area contributed by atoms with E-state index in [9.17, 15) is 4.79 Å². The highest BCUT2D eigenvalue weighted by atomic mass is 16.6. The third-order valence-electron chi connectivity index (χ3n) is 3.82. The molecule has 1 saturated carbocycles. The van der Waals surface area contributed by atoms with Gasteiger partial charge >= 0.3 is 6.09 Å². The van der Waals surface area contributed by atoms with Crippen molar-refractivity contribution in [3.63, 3.8) is 0 Å². The molecule has 5 nitrogen and oxygen atoms in total. The zero-order valence-corrected chi connectivity index (χ0v) is 14.7. The van der Waals surface area contributed by atoms with Gasteiger partial charge in [-0.3, -0.25) is 5.32 Å². The second-order valence-corrected chi connectivity index (χ2v) is 7.04. The van der Waals surface area contributed by atoms with Gasteiger partial charge in [0.2, 0.25) is 0 Å². The van der Waals surface area contributed by atoms with Gasteiger partial charge in [0.05, 0.1) is 12.8 Å². The number of methoxy groups -OCH3 is 1. The Morgan fingerprint density at radius 2 is 2.04 bits per heavy atom. The predicted octanol–water partition coefficient (Wildman–Crippen LogP) is 4.64. The van der Waals surface area contributed by atoms with Crippen molar-refractivity contribution in [3.05, 3.63) is 18.2 Å². The van der Waals surface area contributed by atoms with E-state index in [4.69, 9.17) is 9.47 Å². The van der Waals surface area contributed by atoms with Crippen LogP contribution >= 0.6 is 0 Å². The van der Waals surface area contributed by atoms with Crippen LogP contribution in [-0.2, 0) is 4.74 Å². The van der Waals surface area contributed by atoms with Gasteiger partial charge in [-0.2, -0.15) is 0 Å². The van der Waals surface area contributed by atoms with Crippen LogP contribution in [0, 0.1) is 5.92 Å². The van der Waals surface area contributed by atoms with E-state index in [0.29, 0.717) is 17.5 Å². The Kier molecular flexibility index (Phi) is 5.39. The molecule has 1 unspecified atom stereocenters. The number of carbonyl (C=O) groups is 1. The van der Waals surface area contributed by atoms with Crippen LogP contribution in [-0.4, -0.2) is 24.8 Å². The quantitative estimate of drug-likeness (QED) is 0.801. The van der Waals surface area contributed by atoms with E-state index in [1.54, 1.807) is 7.11 Å². The number of carbonyl (C=O) groups excluding carboxylic acids is 1. The summed E-state index contributed by atoms with van der Waals surface area (Å²) in [5.41, 5.74) is 1.06. The van der Waals surface area contributed by atoms with Crippen LogP contribution in [0.5, 0.6) is 5.75 Å². The molecule has 128 valence electrons. The molecular formula is C18H28N2O3. The molecule has 5 heteroatoms. The van der Waals surface area contributed by atoms with Crippen molar-refractivity contribution in [2.45, 2.75) is 58.6 Å². The molecule has 2 rings (SSSR count). The van der Waals surface area contributed by atoms with Crippen molar-refractivity contribution in [1.82, 2.24) is 0 Å². The SMILES string of the molecule is CCC(Nc1ccc(OC)c(NC(=O)OC(C)(C)C)c1)C1CC1. The summed E-state index contributed by atoms with van der Waals surface area (Å²) in [6.07, 6.45) is 3.20. The van der Waals surface area contributed by atoms with Crippen molar-refractivity contribution >= 4 is 17.5 Å². The molecule has 0 aliphatic heterocycles. The molecule has 1 amide bonds. The summed E-state index contributed by atoms with van der Waals surface area (Å²) in [4.78, 5) is 12.0. The highest BCUT2D eigenvalue weighted by molar-refractivity contribution is 5.88. The average molecular weight is 320 g/mol. The lowest BCUT2D eigenvalue weighted by atomic mass is 10.1. The molecule has 0 bridgehead atoms. The number of nitrogens with one attached hydrogen (secondary N) is 2. The largest absolute Gasteiger partial charge is 0.495 e. The summed E-state index contributed by atoms with van der Waals surface area (Å²) in [5, 5.41) is 6.32. The van der Waals surface area contributed by atoms with Crippen LogP contribution in [0.15, 0.2) is 18.2 Å². The van der Waals surface area contributed by atoms with Crippen molar-refractivity contribution in [3.8, 4) is 5.75 Å². The monoisotopic (exact) mass is 320 g/mol. The molecule has 2 N–H and O–H groups in total. The van der Waals surface area contributed by atoms with Crippen LogP contribution in [0.2, 0.25) is 0 Å². The molecule has 1 fully saturated rings. The Balaban J connectivity index is 2.10. The van der Waals surface area contributed by atoms with Crippen molar-refractivity contribution < 1.29 is 14.3 Å². The minimum absolute atomic E-state index is 0.484. The second kappa shape index (κ2) is 7.11. The Morgan fingerprint density at radius 1 is 1.35 bits per heavy atom. The molecule has 1 atom stereocenters. The molecule has 0 radical (unpaired) electrons. The highest BCUT2D eigenvalue weighted by Gasteiger charge is 2.29. The maximum Gasteiger partial charge on any atom is 0.412 e. The first-order chi connectivity index (χ1) is 10.8. The summed E-state index contributed by atoms with van der Waals surface area (Å²) in [5.74, 6) is 1.38. The second-order valence-electron chi connectivity index (χ2n) is 7.04. The van der Waals surface area contributed by atoms with Crippen LogP contribution < -0.4 is 15.4 Å². The van der Waals surface area contributed by atoms with Crippen molar-refractivity contribution in [2.75, 3.05) is 17.7 Å². The van der Waals surface area contributed by atoms with Crippen LogP contribution in [0.4, 0.5) is 16.2 Å². The summed E-state index contributed by atoms with van der Waals surface area (Å²) >= 11 is 0. The number of hydrogen-bond acceptors (Lipinski definition) is 4. The molecule has 1 aromatic carbocycles. The molecule has 23 heavy (non-hydrogen) atoms. The molecule has 0 saturated heterocycles. The smallest absolute Gasteiger partial charge is 0.412 e. The number of rotatable bonds is 6. The third-order valence-corrected chi connectivity index (χ3v) is 3.82. The molecule has 1 aliphatic carbocycles. The van der Waals surface area contributed by atoms with Gasteiger partial charge in [-0.1, -0.05) is 6.92 Å². The van der Waals surface area contributed by atoms with E-state index in [1.165, 1.54) is 12.8 Å². The van der Waals surface area contributed by atoms with E-state index in [2.05, 4.69) is 17.6 Å². The minimum Gasteiger partial charge on any atom is -0.495 e. The lowest BCUT2D eigenvalue weighted by Crippen LogP contribution is -2.27. The van der Waals surface area contributed by atoms with Gasteiger partial charge in [0.25, 0.3) is 0 Å². The van der Waals surface area contributed by atoms with Crippen LogP contribution in [0.25, 0.3) is 0 Å². The zero-order chi connectivity index (χ0) is 17.0. The van der Waals surface area contributed by atoms with Crippen molar-refractivity contribution in [1.29, 1.82) is 0 Å². The van der Waals surface area contributed by atoms with Crippen LogP contribution in [0.1, 0.15) is 47.0 Å². The van der Waals surface area contributed by atoms with Gasteiger partial charge in [0, 0.05) is 11.7 Å². The Labute approximate surface area is 138 Å². The van der Waals surface area contributed by atoms with Gasteiger partial charge < -0.3 is 14.8 Å². The highest BCUT2D eigenvalue weighted by Crippen LogP contribution is 2.36. The first-order valence-electron chi connectivity index (χ1n) is 8.27. The Bertz CT molecular complexity index is 548. The molecule has 0 spiro atoms. The third kappa shape index (κ3) is 5.34. The number of hydrogen-bond donors (Lipinski definition) is 2. The number of ether oxygens (including phenoxy) is 2. The number of benzene rings is 1. The maximum absolute atomic E-state index is 12.0. The fraction of sp³-hybridized carbons (Fsp3) is 0.611. The first-order valence-corrected chi connectivity index (χ1v) is 8.27. The van der Waals surface area contributed by atoms with Crippen LogP contribution in [0.3, 0.4) is 0 Å². The fourth-order valence-corrected chi connectivity index (χ4v) is 2.57. The van der Waals surface area contributed by atoms with Gasteiger partial charge in [-0.15, -0.1) is 0 Å². The van der Waals surface area contributed by atoms with Crippen molar-refractivity contribution in [2.24, 2.45) is 5.92 Å². The molecule has 0 aromatic heterocycles. The van der Waals surface area contributed by atoms with Gasteiger partial charge in [0.1, 0.15) is 11.4 Å². The Morgan fingerprint density at radius 3 is 2.57 bits per heavy atom. The maximum atomic E-state index is 12.0. The zero-order valence-electron chi connectivity index (χ0n) is 14.7. The topological polar surface area (TPSA) is 59.6 Å². The van der Waals surface area contributed by atoms with Gasteiger partial charge in [-0.05, 0) is 64.2 Å². The number of anilines is 2. The summed E-state index contributed by atoms with van der Waals surface area (Å²) < 4.78 is 10.6. The van der Waals surface area contributed by atoms with Gasteiger partial charge in [0.15, 0.2) is 0 Å². The normalized spacial score (nSPS) is 15.7. The lowest BCUT2D eigenvalue weighted by Gasteiger charge is -2.21. The fourth-order valence-electron chi connectivity index (χ4n) is 2.57. The predicted molar refractivity (Wildman–Crippen MR) is 93.3 cm³/mol. The number of amides is 1. The van der Waals surface area contributed by atoms with E-state index in [1.807, 2.05) is 39.0 Å². The lowest BCUT2D eigenvalue weighted by molar-refractivity contribution is 0.0635. The Hall–Kier alpha value is -1.91.